The van der Waals surface area contributed by atoms with Crippen LogP contribution >= 0.6 is 23.2 Å². The summed E-state index contributed by atoms with van der Waals surface area (Å²) in [4.78, 5) is 42.2. The molecule has 2 saturated heterocycles. The van der Waals surface area contributed by atoms with E-state index in [1.165, 1.54) is 11.9 Å². The van der Waals surface area contributed by atoms with E-state index in [4.69, 9.17) is 23.2 Å². The molecule has 4 rings (SSSR count). The summed E-state index contributed by atoms with van der Waals surface area (Å²) in [7, 11) is 1.52. The molecule has 9 heteroatoms. The van der Waals surface area contributed by atoms with E-state index in [1.54, 1.807) is 17.0 Å². The van der Waals surface area contributed by atoms with E-state index in [0.717, 1.165) is 37.7 Å². The number of halogens is 2. The largest absolute Gasteiger partial charge is 0.465 e. The van der Waals surface area contributed by atoms with Gasteiger partial charge in [0.2, 0.25) is 0 Å². The van der Waals surface area contributed by atoms with E-state index < -0.39 is 17.6 Å². The zero-order chi connectivity index (χ0) is 23.3. The molecule has 0 aromatic heterocycles. The quantitative estimate of drug-likeness (QED) is 0.626. The average molecular weight is 483 g/mol. The molecule has 1 saturated carbocycles. The van der Waals surface area contributed by atoms with Gasteiger partial charge in [0.15, 0.2) is 0 Å². The highest BCUT2D eigenvalue weighted by atomic mass is 35.5. The number of benzene rings is 1. The van der Waals surface area contributed by atoms with Gasteiger partial charge in [-0.05, 0) is 56.7 Å². The second-order valence-corrected chi connectivity index (χ2v) is 10.6. The van der Waals surface area contributed by atoms with Crippen molar-refractivity contribution >= 4 is 41.2 Å². The summed E-state index contributed by atoms with van der Waals surface area (Å²) in [6, 6.07) is 4.64. The van der Waals surface area contributed by atoms with Gasteiger partial charge in [-0.2, -0.15) is 4.48 Å². The number of imide groups is 1. The number of carbonyl (C=O) groups excluding carboxylic acids is 2. The van der Waals surface area contributed by atoms with Gasteiger partial charge < -0.3 is 10.0 Å². The lowest BCUT2D eigenvalue weighted by Gasteiger charge is -2.40. The fourth-order valence-corrected chi connectivity index (χ4v) is 5.58. The average Bonchev–Trinajstić information content (AvgIpc) is 3.38. The molecule has 0 bridgehead atoms. The molecule has 0 radical (unpaired) electrons. The molecule has 174 valence electrons. The van der Waals surface area contributed by atoms with Crippen LogP contribution in [0.1, 0.15) is 50.5 Å². The highest BCUT2D eigenvalue weighted by molar-refractivity contribution is 6.42. The van der Waals surface area contributed by atoms with Crippen LogP contribution in [0.5, 0.6) is 0 Å². The predicted molar refractivity (Wildman–Crippen MR) is 122 cm³/mol. The number of piperidine rings is 1. The van der Waals surface area contributed by atoms with Crippen molar-refractivity contribution in [3.63, 3.8) is 0 Å². The Kier molecular flexibility index (Phi) is 6.20. The number of carbonyl (C=O) groups is 3. The molecule has 1 N–H and O–H groups in total. The summed E-state index contributed by atoms with van der Waals surface area (Å²) in [5.41, 5.74) is 0.422. The summed E-state index contributed by atoms with van der Waals surface area (Å²) < 4.78 is -0.131. The van der Waals surface area contributed by atoms with E-state index >= 15 is 0 Å². The number of hydrogen-bond donors (Lipinski definition) is 1. The third-order valence-electron chi connectivity index (χ3n) is 7.58. The van der Waals surface area contributed by atoms with E-state index in [2.05, 4.69) is 0 Å². The minimum Gasteiger partial charge on any atom is -0.465 e. The van der Waals surface area contributed by atoms with Crippen molar-refractivity contribution in [1.82, 2.24) is 9.80 Å². The van der Waals surface area contributed by atoms with E-state index in [9.17, 15) is 19.5 Å². The highest BCUT2D eigenvalue weighted by Crippen LogP contribution is 2.49. The highest BCUT2D eigenvalue weighted by Gasteiger charge is 2.61. The van der Waals surface area contributed by atoms with Crippen LogP contribution in [0.25, 0.3) is 0 Å². The van der Waals surface area contributed by atoms with E-state index in [1.807, 2.05) is 13.0 Å². The molecule has 4 amide bonds. The topological polar surface area (TPSA) is 77.9 Å². The van der Waals surface area contributed by atoms with Crippen molar-refractivity contribution in [2.24, 2.45) is 5.41 Å². The van der Waals surface area contributed by atoms with Gasteiger partial charge in [-0.15, -0.1) is 0 Å². The second kappa shape index (κ2) is 8.50. The Balaban J connectivity index is 1.66. The summed E-state index contributed by atoms with van der Waals surface area (Å²) in [5, 5.41) is 10.5. The third-order valence-corrected chi connectivity index (χ3v) is 8.32. The molecule has 7 nitrogen and oxygen atoms in total. The Labute approximate surface area is 198 Å². The van der Waals surface area contributed by atoms with Crippen molar-refractivity contribution in [2.75, 3.05) is 33.2 Å². The number of urea groups is 1. The van der Waals surface area contributed by atoms with Crippen LogP contribution in [0, 0.1) is 5.41 Å². The number of nitrogens with zero attached hydrogens (tertiary/aromatic N) is 3. The van der Waals surface area contributed by atoms with Crippen LogP contribution in [-0.4, -0.2) is 76.7 Å². The molecule has 1 aliphatic carbocycles. The fourth-order valence-electron chi connectivity index (χ4n) is 5.27. The minimum absolute atomic E-state index is 0.0309. The van der Waals surface area contributed by atoms with Gasteiger partial charge in [-0.25, -0.2) is 14.4 Å². The van der Waals surface area contributed by atoms with Crippen LogP contribution in [-0.2, 0) is 4.79 Å². The molecule has 2 heterocycles. The lowest BCUT2D eigenvalue weighted by molar-refractivity contribution is -0.786. The summed E-state index contributed by atoms with van der Waals surface area (Å²) in [6.07, 6.45) is 3.31. The summed E-state index contributed by atoms with van der Waals surface area (Å²) in [6.45, 7) is 3.60. The molecule has 0 unspecified atom stereocenters. The predicted octanol–water partition coefficient (Wildman–Crippen LogP) is 4.82. The maximum absolute atomic E-state index is 13.9. The molecule has 0 spiro atoms. The first kappa shape index (κ1) is 23.3. The second-order valence-electron chi connectivity index (χ2n) is 9.77. The zero-order valence-corrected chi connectivity index (χ0v) is 20.0. The maximum atomic E-state index is 13.9. The number of rotatable bonds is 3. The lowest BCUT2D eigenvalue weighted by atomic mass is 9.93. The molecular weight excluding hydrogens is 453 g/mol. The Morgan fingerprint density at radius 3 is 2.31 bits per heavy atom. The normalized spacial score (nSPS) is 25.9. The van der Waals surface area contributed by atoms with Gasteiger partial charge in [-0.3, -0.25) is 4.90 Å². The number of likely N-dealkylation sites (tertiary alicyclic amines) is 2. The van der Waals surface area contributed by atoms with Gasteiger partial charge >= 0.3 is 18.0 Å². The van der Waals surface area contributed by atoms with E-state index in [-0.39, 0.29) is 28.9 Å². The standard InChI is InChI=1S/C23H29Cl2N3O4/c1-23(8-9-23)20(29)28(10-4-3-5-11-28)21(30)27-13-16(19(14-27)26(2)22(31)32)15-6-7-17(24)18(25)12-15/h6-7,12,16,19H,3-5,8-11,13-14H2,1-2H3/p+1/t16-,19+/m1/s1. The number of likely N-dealkylation sites (N-methyl/N-ethyl adjacent to an activating group) is 1. The van der Waals surface area contributed by atoms with Gasteiger partial charge in [0.1, 0.15) is 0 Å². The van der Waals surface area contributed by atoms with Crippen LogP contribution in [0.15, 0.2) is 18.2 Å². The molecule has 1 aromatic rings. The third kappa shape index (κ3) is 3.99. The fraction of sp³-hybridized carbons (Fsp3) is 0.609. The first-order valence-corrected chi connectivity index (χ1v) is 12.0. The van der Waals surface area contributed by atoms with Gasteiger partial charge in [0.05, 0.1) is 34.6 Å². The molecule has 3 aliphatic rings. The molecule has 3 fully saturated rings. The summed E-state index contributed by atoms with van der Waals surface area (Å²) in [5.74, 6) is -0.227. The van der Waals surface area contributed by atoms with Gasteiger partial charge in [0.25, 0.3) is 0 Å². The van der Waals surface area contributed by atoms with Crippen molar-refractivity contribution in [2.45, 2.75) is 51.0 Å². The van der Waals surface area contributed by atoms with E-state index in [0.29, 0.717) is 29.7 Å². The number of quaternary nitrogens is 1. The Bertz CT molecular complexity index is 943. The van der Waals surface area contributed by atoms with Gasteiger partial charge in [-0.1, -0.05) is 29.3 Å². The Hall–Kier alpha value is -1.83. The first-order chi connectivity index (χ1) is 15.1. The van der Waals surface area contributed by atoms with Crippen LogP contribution in [0.2, 0.25) is 10.0 Å². The molecule has 32 heavy (non-hydrogen) atoms. The molecule has 1 aromatic carbocycles. The number of carboxylic acid groups (broad SMARTS) is 1. The molecular formula is C23H30Cl2N3O4+. The Morgan fingerprint density at radius 1 is 1.09 bits per heavy atom. The monoisotopic (exact) mass is 482 g/mol. The van der Waals surface area contributed by atoms with Crippen molar-refractivity contribution < 1.29 is 24.0 Å². The number of amides is 4. The first-order valence-electron chi connectivity index (χ1n) is 11.2. The Morgan fingerprint density at radius 2 is 1.75 bits per heavy atom. The SMILES string of the molecule is CN(C(=O)O)[C@H]1CN(C(=O)[N+]2(C(=O)C3(C)CC3)CCCCC2)C[C@@H]1c1ccc(Cl)c(Cl)c1. The maximum Gasteiger partial charge on any atom is 0.426 e. The van der Waals surface area contributed by atoms with Crippen LogP contribution < -0.4 is 0 Å². The van der Waals surface area contributed by atoms with Crippen LogP contribution in [0.3, 0.4) is 0 Å². The lowest BCUT2D eigenvalue weighted by Crippen LogP contribution is -2.65. The van der Waals surface area contributed by atoms with Gasteiger partial charge in [0, 0.05) is 26.1 Å². The zero-order valence-electron chi connectivity index (χ0n) is 18.5. The minimum atomic E-state index is -1.06. The molecule has 2 atom stereocenters. The van der Waals surface area contributed by atoms with Crippen molar-refractivity contribution in [3.8, 4) is 0 Å². The molecule has 2 aliphatic heterocycles. The van der Waals surface area contributed by atoms with Crippen molar-refractivity contribution in [1.29, 1.82) is 0 Å². The van der Waals surface area contributed by atoms with Crippen LogP contribution in [0.4, 0.5) is 9.59 Å². The smallest absolute Gasteiger partial charge is 0.426 e. The summed E-state index contributed by atoms with van der Waals surface area (Å²) >= 11 is 12.3. The van der Waals surface area contributed by atoms with Crippen molar-refractivity contribution in [3.05, 3.63) is 33.8 Å². The number of hydrogen-bond acceptors (Lipinski definition) is 3.